The highest BCUT2D eigenvalue weighted by Gasteiger charge is 2.33. The van der Waals surface area contributed by atoms with E-state index < -0.39 is 0 Å². The van der Waals surface area contributed by atoms with Gasteiger partial charge in [-0.25, -0.2) is 0 Å². The summed E-state index contributed by atoms with van der Waals surface area (Å²) in [4.78, 5) is 28.4. The van der Waals surface area contributed by atoms with Crippen LogP contribution >= 0.6 is 11.3 Å². The molecule has 0 bridgehead atoms. The van der Waals surface area contributed by atoms with Crippen molar-refractivity contribution >= 4 is 33.9 Å². The molecule has 0 spiro atoms. The minimum Gasteiger partial charge on any atom is -0.485 e. The number of amides is 2. The van der Waals surface area contributed by atoms with Gasteiger partial charge < -0.3 is 9.47 Å². The highest BCUT2D eigenvalue weighted by molar-refractivity contribution is 7.14. The SMILES string of the molecule is CCCCN1C(=O)c2cccc3c(-c4scc5c4OCCO5)ccc(c23)C1=O. The van der Waals surface area contributed by atoms with Gasteiger partial charge in [0.25, 0.3) is 11.8 Å². The molecule has 0 saturated heterocycles. The molecule has 2 aromatic carbocycles. The van der Waals surface area contributed by atoms with Crippen LogP contribution in [0.5, 0.6) is 11.5 Å². The molecular formula is C22H19NO4S. The summed E-state index contributed by atoms with van der Waals surface area (Å²) in [6, 6.07) is 9.46. The zero-order valence-electron chi connectivity index (χ0n) is 15.5. The maximum atomic E-state index is 13.0. The predicted octanol–water partition coefficient (Wildman–Crippen LogP) is 4.74. The third-order valence-corrected chi connectivity index (χ3v) is 6.25. The Bertz CT molecular complexity index is 1090. The van der Waals surface area contributed by atoms with Gasteiger partial charge in [0, 0.05) is 34.0 Å². The number of unbranched alkanes of at least 4 members (excludes halogenated alkanes) is 1. The fourth-order valence-electron chi connectivity index (χ4n) is 3.91. The minimum absolute atomic E-state index is 0.207. The zero-order chi connectivity index (χ0) is 19.3. The third-order valence-electron chi connectivity index (χ3n) is 5.27. The largest absolute Gasteiger partial charge is 0.485 e. The summed E-state index contributed by atoms with van der Waals surface area (Å²) < 4.78 is 11.5. The molecule has 2 aliphatic rings. The van der Waals surface area contributed by atoms with Crippen molar-refractivity contribution in [2.24, 2.45) is 0 Å². The van der Waals surface area contributed by atoms with E-state index in [4.69, 9.17) is 9.47 Å². The predicted molar refractivity (Wildman–Crippen MR) is 109 cm³/mol. The Morgan fingerprint density at radius 3 is 2.57 bits per heavy atom. The van der Waals surface area contributed by atoms with Crippen LogP contribution in [-0.4, -0.2) is 36.5 Å². The van der Waals surface area contributed by atoms with E-state index in [0.29, 0.717) is 30.9 Å². The summed E-state index contributed by atoms with van der Waals surface area (Å²) >= 11 is 1.55. The highest BCUT2D eigenvalue weighted by Crippen LogP contribution is 2.48. The number of fused-ring (bicyclic) bond motifs is 1. The van der Waals surface area contributed by atoms with Crippen molar-refractivity contribution in [1.82, 2.24) is 4.90 Å². The van der Waals surface area contributed by atoms with Crippen molar-refractivity contribution < 1.29 is 19.1 Å². The van der Waals surface area contributed by atoms with Gasteiger partial charge in [0.15, 0.2) is 11.5 Å². The van der Waals surface area contributed by atoms with Gasteiger partial charge in [0.2, 0.25) is 0 Å². The Balaban J connectivity index is 1.70. The molecule has 5 rings (SSSR count). The molecule has 3 heterocycles. The number of nitrogens with zero attached hydrogens (tertiary/aromatic N) is 1. The number of hydrogen-bond donors (Lipinski definition) is 0. The van der Waals surface area contributed by atoms with Gasteiger partial charge in [-0.2, -0.15) is 0 Å². The molecule has 28 heavy (non-hydrogen) atoms. The molecule has 6 heteroatoms. The first-order valence-electron chi connectivity index (χ1n) is 9.50. The summed E-state index contributed by atoms with van der Waals surface area (Å²) in [6.45, 7) is 3.56. The molecule has 0 saturated carbocycles. The number of thiophene rings is 1. The van der Waals surface area contributed by atoms with Crippen molar-refractivity contribution in [2.75, 3.05) is 19.8 Å². The minimum atomic E-state index is -0.207. The van der Waals surface area contributed by atoms with Crippen LogP contribution in [0.1, 0.15) is 40.5 Å². The van der Waals surface area contributed by atoms with Gasteiger partial charge in [-0.3, -0.25) is 14.5 Å². The van der Waals surface area contributed by atoms with E-state index in [-0.39, 0.29) is 11.8 Å². The average Bonchev–Trinajstić information content (AvgIpc) is 3.15. The van der Waals surface area contributed by atoms with Crippen molar-refractivity contribution in [3.05, 3.63) is 46.8 Å². The second-order valence-corrected chi connectivity index (χ2v) is 7.84. The normalized spacial score (nSPS) is 15.4. The van der Waals surface area contributed by atoms with Gasteiger partial charge in [0.1, 0.15) is 13.2 Å². The van der Waals surface area contributed by atoms with E-state index in [9.17, 15) is 9.59 Å². The highest BCUT2D eigenvalue weighted by atomic mass is 32.1. The van der Waals surface area contributed by atoms with Crippen molar-refractivity contribution in [1.29, 1.82) is 0 Å². The van der Waals surface area contributed by atoms with Crippen LogP contribution in [0.4, 0.5) is 0 Å². The Hall–Kier alpha value is -2.86. The van der Waals surface area contributed by atoms with Gasteiger partial charge in [-0.15, -0.1) is 11.3 Å². The molecule has 0 aliphatic carbocycles. The molecule has 1 aromatic heterocycles. The number of ether oxygens (including phenoxy) is 2. The lowest BCUT2D eigenvalue weighted by Crippen LogP contribution is -2.40. The monoisotopic (exact) mass is 393 g/mol. The topological polar surface area (TPSA) is 55.8 Å². The lowest BCUT2D eigenvalue weighted by Gasteiger charge is -2.27. The number of hydrogen-bond acceptors (Lipinski definition) is 5. The van der Waals surface area contributed by atoms with Crippen LogP contribution in [0.15, 0.2) is 35.7 Å². The van der Waals surface area contributed by atoms with E-state index in [1.165, 1.54) is 4.90 Å². The summed E-state index contributed by atoms with van der Waals surface area (Å²) in [5.74, 6) is 1.09. The molecule has 0 N–H and O–H groups in total. The number of carbonyl (C=O) groups is 2. The van der Waals surface area contributed by atoms with E-state index in [1.807, 2.05) is 42.6 Å². The van der Waals surface area contributed by atoms with Crippen LogP contribution in [0.25, 0.3) is 21.2 Å². The van der Waals surface area contributed by atoms with Crippen molar-refractivity contribution in [3.63, 3.8) is 0 Å². The van der Waals surface area contributed by atoms with E-state index >= 15 is 0 Å². The first-order chi connectivity index (χ1) is 13.7. The number of carbonyl (C=O) groups excluding carboxylic acids is 2. The second kappa shape index (κ2) is 6.63. The lowest BCUT2D eigenvalue weighted by atomic mass is 9.90. The van der Waals surface area contributed by atoms with E-state index in [2.05, 4.69) is 0 Å². The molecule has 2 amide bonds. The Morgan fingerprint density at radius 1 is 1.00 bits per heavy atom. The molecule has 5 nitrogen and oxygen atoms in total. The van der Waals surface area contributed by atoms with Crippen LogP contribution in [0, 0.1) is 0 Å². The zero-order valence-corrected chi connectivity index (χ0v) is 16.3. The Morgan fingerprint density at radius 2 is 1.75 bits per heavy atom. The molecule has 0 atom stereocenters. The van der Waals surface area contributed by atoms with Gasteiger partial charge in [-0.05, 0) is 23.9 Å². The maximum absolute atomic E-state index is 13.0. The number of imide groups is 1. The van der Waals surface area contributed by atoms with Gasteiger partial charge in [-0.1, -0.05) is 31.5 Å². The third kappa shape index (κ3) is 2.44. The van der Waals surface area contributed by atoms with Crippen LogP contribution in [0.2, 0.25) is 0 Å². The summed E-state index contributed by atoms with van der Waals surface area (Å²) in [5, 5.41) is 3.58. The van der Waals surface area contributed by atoms with Crippen LogP contribution in [0.3, 0.4) is 0 Å². The molecular weight excluding hydrogens is 374 g/mol. The van der Waals surface area contributed by atoms with Crippen LogP contribution in [-0.2, 0) is 0 Å². The first-order valence-corrected chi connectivity index (χ1v) is 10.4. The van der Waals surface area contributed by atoms with Crippen LogP contribution < -0.4 is 9.47 Å². The van der Waals surface area contributed by atoms with E-state index in [0.717, 1.165) is 45.6 Å². The first kappa shape index (κ1) is 17.3. The standard InChI is InChI=1S/C22H19NO4S/c1-2-3-9-23-21(24)15-6-4-5-13-14(7-8-16(18(13)15)22(23)25)20-19-17(12-28-20)26-10-11-27-19/h4-8,12H,2-3,9-11H2,1H3. The Kier molecular flexibility index (Phi) is 4.09. The molecule has 0 radical (unpaired) electrons. The summed E-state index contributed by atoms with van der Waals surface area (Å²) in [5.41, 5.74) is 2.14. The second-order valence-electron chi connectivity index (χ2n) is 6.96. The summed E-state index contributed by atoms with van der Waals surface area (Å²) in [7, 11) is 0. The van der Waals surface area contributed by atoms with Gasteiger partial charge >= 0.3 is 0 Å². The fraction of sp³-hybridized carbons (Fsp3) is 0.273. The van der Waals surface area contributed by atoms with Crippen molar-refractivity contribution in [2.45, 2.75) is 19.8 Å². The molecule has 2 aliphatic heterocycles. The molecule has 0 unspecified atom stereocenters. The average molecular weight is 393 g/mol. The van der Waals surface area contributed by atoms with Crippen molar-refractivity contribution in [3.8, 4) is 21.9 Å². The molecule has 0 fully saturated rings. The smallest absolute Gasteiger partial charge is 0.261 e. The molecule has 3 aromatic rings. The summed E-state index contributed by atoms with van der Waals surface area (Å²) in [6.07, 6.45) is 1.73. The van der Waals surface area contributed by atoms with Gasteiger partial charge in [0.05, 0.1) is 4.88 Å². The van der Waals surface area contributed by atoms with E-state index in [1.54, 1.807) is 11.3 Å². The lowest BCUT2D eigenvalue weighted by molar-refractivity contribution is 0.0608. The fourth-order valence-corrected chi connectivity index (χ4v) is 4.88. The Labute approximate surface area is 166 Å². The number of benzene rings is 2. The number of rotatable bonds is 4. The molecule has 142 valence electrons. The quantitative estimate of drug-likeness (QED) is 0.601. The maximum Gasteiger partial charge on any atom is 0.261 e.